The van der Waals surface area contributed by atoms with Gasteiger partial charge in [0.2, 0.25) is 5.88 Å². The van der Waals surface area contributed by atoms with Crippen LogP contribution in [0.15, 0.2) is 36.5 Å². The van der Waals surface area contributed by atoms with Crippen molar-refractivity contribution in [2.24, 2.45) is 0 Å². The molecule has 0 radical (unpaired) electrons. The first-order valence-electron chi connectivity index (χ1n) is 6.17. The molecule has 0 aliphatic heterocycles. The van der Waals surface area contributed by atoms with Gasteiger partial charge in [0, 0.05) is 24.9 Å². The number of methoxy groups -OCH3 is 1. The van der Waals surface area contributed by atoms with Crippen LogP contribution in [0.2, 0.25) is 0 Å². The second kappa shape index (κ2) is 6.48. The third-order valence-corrected chi connectivity index (χ3v) is 2.88. The van der Waals surface area contributed by atoms with Crippen molar-refractivity contribution >= 4 is 17.1 Å². The smallest absolute Gasteiger partial charge is 0.299 e. The van der Waals surface area contributed by atoms with Crippen molar-refractivity contribution in [2.45, 2.75) is 6.54 Å². The maximum Gasteiger partial charge on any atom is 0.299 e. The summed E-state index contributed by atoms with van der Waals surface area (Å²) < 4.78 is 4.93. The Kier molecular flexibility index (Phi) is 4.47. The van der Waals surface area contributed by atoms with E-state index in [1.165, 1.54) is 19.2 Å². The molecule has 9 heteroatoms. The van der Waals surface area contributed by atoms with E-state index >= 15 is 0 Å². The first-order valence-corrected chi connectivity index (χ1v) is 6.17. The van der Waals surface area contributed by atoms with Crippen LogP contribution in [0.1, 0.15) is 5.56 Å². The van der Waals surface area contributed by atoms with E-state index in [1.54, 1.807) is 18.3 Å². The number of rotatable bonds is 6. The van der Waals surface area contributed by atoms with Crippen LogP contribution in [0.5, 0.6) is 5.88 Å². The predicted molar refractivity (Wildman–Crippen MR) is 77.9 cm³/mol. The Morgan fingerprint density at radius 1 is 1.18 bits per heavy atom. The van der Waals surface area contributed by atoms with Crippen molar-refractivity contribution in [3.63, 3.8) is 0 Å². The van der Waals surface area contributed by atoms with E-state index in [0.29, 0.717) is 5.88 Å². The SMILES string of the molecule is COc1ccc(CNc2ccc([N+](=O)[O-])cc2[N+](=O)[O-])cn1. The quantitative estimate of drug-likeness (QED) is 0.642. The van der Waals surface area contributed by atoms with E-state index in [1.807, 2.05) is 0 Å². The van der Waals surface area contributed by atoms with E-state index in [4.69, 9.17) is 4.74 Å². The second-order valence-electron chi connectivity index (χ2n) is 4.28. The molecule has 0 bridgehead atoms. The number of ether oxygens (including phenoxy) is 1. The molecule has 1 aromatic heterocycles. The number of hydrogen-bond donors (Lipinski definition) is 1. The van der Waals surface area contributed by atoms with Gasteiger partial charge in [0.05, 0.1) is 23.0 Å². The Balaban J connectivity index is 2.17. The highest BCUT2D eigenvalue weighted by Crippen LogP contribution is 2.29. The van der Waals surface area contributed by atoms with Crippen LogP contribution in [0.3, 0.4) is 0 Å². The number of nitro groups is 2. The van der Waals surface area contributed by atoms with Crippen LogP contribution < -0.4 is 10.1 Å². The third kappa shape index (κ3) is 3.45. The standard InChI is InChI=1S/C13H12N4O5/c1-22-13-5-2-9(8-15-13)7-14-11-4-3-10(16(18)19)6-12(11)17(20)21/h2-6,8,14H,7H2,1H3. The Morgan fingerprint density at radius 2 is 1.95 bits per heavy atom. The number of nitrogens with zero attached hydrogens (tertiary/aromatic N) is 3. The summed E-state index contributed by atoms with van der Waals surface area (Å²) in [5.74, 6) is 0.463. The lowest BCUT2D eigenvalue weighted by atomic mass is 10.2. The van der Waals surface area contributed by atoms with Gasteiger partial charge in [-0.25, -0.2) is 4.98 Å². The molecule has 22 heavy (non-hydrogen) atoms. The summed E-state index contributed by atoms with van der Waals surface area (Å²) in [6.45, 7) is 0.287. The Bertz CT molecular complexity index is 702. The largest absolute Gasteiger partial charge is 0.481 e. The van der Waals surface area contributed by atoms with E-state index in [0.717, 1.165) is 11.6 Å². The van der Waals surface area contributed by atoms with Crippen molar-refractivity contribution in [2.75, 3.05) is 12.4 Å². The number of pyridine rings is 1. The minimum atomic E-state index is -0.676. The van der Waals surface area contributed by atoms with Gasteiger partial charge in [0.1, 0.15) is 5.69 Å². The van der Waals surface area contributed by atoms with Gasteiger partial charge in [-0.15, -0.1) is 0 Å². The van der Waals surface area contributed by atoms with Crippen molar-refractivity contribution in [3.05, 3.63) is 62.3 Å². The first-order chi connectivity index (χ1) is 10.5. The fraction of sp³-hybridized carbons (Fsp3) is 0.154. The number of aromatic nitrogens is 1. The first kappa shape index (κ1) is 15.2. The van der Waals surface area contributed by atoms with E-state index in [9.17, 15) is 20.2 Å². The van der Waals surface area contributed by atoms with Gasteiger partial charge in [-0.05, 0) is 11.6 Å². The monoisotopic (exact) mass is 304 g/mol. The summed E-state index contributed by atoms with van der Waals surface area (Å²) in [7, 11) is 1.50. The molecule has 1 heterocycles. The van der Waals surface area contributed by atoms with Gasteiger partial charge in [-0.3, -0.25) is 20.2 Å². The van der Waals surface area contributed by atoms with Crippen molar-refractivity contribution < 1.29 is 14.6 Å². The maximum absolute atomic E-state index is 11.0. The molecule has 1 N–H and O–H groups in total. The van der Waals surface area contributed by atoms with E-state index < -0.39 is 9.85 Å². The second-order valence-corrected chi connectivity index (χ2v) is 4.28. The zero-order chi connectivity index (χ0) is 16.1. The summed E-state index contributed by atoms with van der Waals surface area (Å²) in [5, 5.41) is 24.5. The lowest BCUT2D eigenvalue weighted by Gasteiger charge is -2.07. The van der Waals surface area contributed by atoms with Gasteiger partial charge in [-0.2, -0.15) is 0 Å². The maximum atomic E-state index is 11.0. The highest BCUT2D eigenvalue weighted by molar-refractivity contribution is 5.65. The molecular weight excluding hydrogens is 292 g/mol. The Labute approximate surface area is 124 Å². The van der Waals surface area contributed by atoms with Gasteiger partial charge in [0.25, 0.3) is 11.4 Å². The fourth-order valence-corrected chi connectivity index (χ4v) is 1.77. The number of non-ortho nitro benzene ring substituents is 1. The predicted octanol–water partition coefficient (Wildman–Crippen LogP) is 2.52. The molecule has 0 aliphatic carbocycles. The molecule has 1 aromatic carbocycles. The zero-order valence-electron chi connectivity index (χ0n) is 11.6. The average Bonchev–Trinajstić information content (AvgIpc) is 2.53. The minimum Gasteiger partial charge on any atom is -0.481 e. The van der Waals surface area contributed by atoms with Crippen LogP contribution in [0, 0.1) is 20.2 Å². The molecule has 0 aliphatic rings. The van der Waals surface area contributed by atoms with Crippen LogP contribution in [-0.4, -0.2) is 21.9 Å². The van der Waals surface area contributed by atoms with Crippen molar-refractivity contribution in [3.8, 4) is 5.88 Å². The topological polar surface area (TPSA) is 120 Å². The highest BCUT2D eigenvalue weighted by Gasteiger charge is 2.19. The molecule has 9 nitrogen and oxygen atoms in total. The molecule has 114 valence electrons. The summed E-state index contributed by atoms with van der Waals surface area (Å²) in [6.07, 6.45) is 1.57. The van der Waals surface area contributed by atoms with Crippen molar-refractivity contribution in [1.82, 2.24) is 4.98 Å². The summed E-state index contributed by atoms with van der Waals surface area (Å²) in [6, 6.07) is 6.88. The molecule has 0 spiro atoms. The molecule has 0 unspecified atom stereocenters. The summed E-state index contributed by atoms with van der Waals surface area (Å²) in [5.41, 5.74) is 0.305. The van der Waals surface area contributed by atoms with Crippen LogP contribution in [-0.2, 0) is 6.54 Å². The number of nitrogens with one attached hydrogen (secondary N) is 1. The highest BCUT2D eigenvalue weighted by atomic mass is 16.6. The van der Waals surface area contributed by atoms with Crippen LogP contribution >= 0.6 is 0 Å². The van der Waals surface area contributed by atoms with E-state index in [-0.39, 0.29) is 23.6 Å². The number of anilines is 1. The fourth-order valence-electron chi connectivity index (χ4n) is 1.77. The number of hydrogen-bond acceptors (Lipinski definition) is 7. The van der Waals surface area contributed by atoms with Gasteiger partial charge in [-0.1, -0.05) is 6.07 Å². The molecule has 0 saturated heterocycles. The van der Waals surface area contributed by atoms with E-state index in [2.05, 4.69) is 10.3 Å². The minimum absolute atomic E-state index is 0.200. The molecule has 2 rings (SSSR count). The van der Waals surface area contributed by atoms with Gasteiger partial charge < -0.3 is 10.1 Å². The zero-order valence-corrected chi connectivity index (χ0v) is 11.6. The Hall–Kier alpha value is -3.23. The summed E-state index contributed by atoms with van der Waals surface area (Å²) in [4.78, 5) is 24.4. The molecule has 2 aromatic rings. The lowest BCUT2D eigenvalue weighted by Crippen LogP contribution is -2.04. The third-order valence-electron chi connectivity index (χ3n) is 2.88. The van der Waals surface area contributed by atoms with Gasteiger partial charge in [0.15, 0.2) is 0 Å². The molecular formula is C13H12N4O5. The normalized spacial score (nSPS) is 10.0. The molecule has 0 saturated carbocycles. The molecule has 0 atom stereocenters. The number of nitro benzene ring substituents is 2. The van der Waals surface area contributed by atoms with Crippen LogP contribution in [0.25, 0.3) is 0 Å². The average molecular weight is 304 g/mol. The van der Waals surface area contributed by atoms with Crippen LogP contribution in [0.4, 0.5) is 17.1 Å². The van der Waals surface area contributed by atoms with Gasteiger partial charge >= 0.3 is 0 Å². The van der Waals surface area contributed by atoms with Crippen molar-refractivity contribution in [1.29, 1.82) is 0 Å². The molecule has 0 fully saturated rings. The number of benzene rings is 1. The lowest BCUT2D eigenvalue weighted by molar-refractivity contribution is -0.393. The summed E-state index contributed by atoms with van der Waals surface area (Å²) >= 11 is 0. The molecule has 0 amide bonds. The Morgan fingerprint density at radius 3 is 2.50 bits per heavy atom.